The van der Waals surface area contributed by atoms with Crippen molar-refractivity contribution in [3.63, 3.8) is 0 Å². The van der Waals surface area contributed by atoms with Crippen molar-refractivity contribution in [3.05, 3.63) is 54.1 Å². The van der Waals surface area contributed by atoms with Gasteiger partial charge in [-0.3, -0.25) is 0 Å². The van der Waals surface area contributed by atoms with Crippen molar-refractivity contribution < 1.29 is 13.5 Å². The van der Waals surface area contributed by atoms with Crippen LogP contribution in [0.15, 0.2) is 36.9 Å². The summed E-state index contributed by atoms with van der Waals surface area (Å²) in [6.45, 7) is 6.40. The average molecular weight is 431 g/mol. The van der Waals surface area contributed by atoms with E-state index in [0.29, 0.717) is 18.1 Å². The van der Waals surface area contributed by atoms with Crippen molar-refractivity contribution in [3.8, 4) is 5.75 Å². The van der Waals surface area contributed by atoms with Crippen LogP contribution in [0, 0.1) is 29.4 Å². The highest BCUT2D eigenvalue weighted by Gasteiger charge is 2.26. The van der Waals surface area contributed by atoms with Gasteiger partial charge in [-0.25, -0.2) is 4.39 Å². The van der Waals surface area contributed by atoms with Crippen molar-refractivity contribution in [1.82, 2.24) is 0 Å². The first-order valence-corrected chi connectivity index (χ1v) is 12.5. The van der Waals surface area contributed by atoms with Gasteiger partial charge in [-0.05, 0) is 106 Å². The Labute approximate surface area is 188 Å². The molecule has 0 bridgehead atoms. The monoisotopic (exact) mass is 430 g/mol. The maximum absolute atomic E-state index is 14.7. The van der Waals surface area contributed by atoms with Crippen molar-refractivity contribution in [2.24, 2.45) is 17.8 Å². The van der Waals surface area contributed by atoms with Crippen LogP contribution < -0.4 is 4.74 Å². The normalized spacial score (nSPS) is 26.8. The summed E-state index contributed by atoms with van der Waals surface area (Å²) in [6.07, 6.45) is 20.4. The molecular weight excluding hydrogens is 390 g/mol. The molecule has 1 nitrogen and oxygen atoms in total. The molecule has 0 N–H and O–H groups in total. The fourth-order valence-electron chi connectivity index (χ4n) is 5.26. The molecule has 0 amide bonds. The van der Waals surface area contributed by atoms with E-state index in [0.717, 1.165) is 56.8 Å². The number of unbranched alkanes of at least 4 members (excludes halogenated alkanes) is 1. The molecule has 1 aromatic rings. The predicted octanol–water partition coefficient (Wildman–Crippen LogP) is 8.75. The number of rotatable bonds is 10. The number of hydrogen-bond acceptors (Lipinski definition) is 1. The third-order valence-electron chi connectivity index (χ3n) is 7.42. The number of allylic oxidation sites excluding steroid dienone is 3. The standard InChI is InChI=1S/C28H40F2O/c1-3-5-20-31-26-19-18-25(27(29)28(26)30)24-16-14-23(15-17-24)9-7-6-8-22-12-10-21(4-2)11-13-22/h4,6,8,18-19,21-24H,2-3,5,7,9-17,20H2,1H3. The van der Waals surface area contributed by atoms with E-state index in [4.69, 9.17) is 4.74 Å². The zero-order valence-corrected chi connectivity index (χ0v) is 19.3. The molecule has 2 aliphatic carbocycles. The minimum atomic E-state index is -0.817. The van der Waals surface area contributed by atoms with Gasteiger partial charge in [0.25, 0.3) is 0 Å². The Morgan fingerprint density at radius 3 is 2.35 bits per heavy atom. The van der Waals surface area contributed by atoms with Gasteiger partial charge in [0.15, 0.2) is 11.6 Å². The lowest BCUT2D eigenvalue weighted by atomic mass is 9.77. The van der Waals surface area contributed by atoms with Crippen LogP contribution in [0.3, 0.4) is 0 Å². The third-order valence-corrected chi connectivity index (χ3v) is 7.42. The molecule has 172 valence electrons. The highest BCUT2D eigenvalue weighted by molar-refractivity contribution is 5.33. The van der Waals surface area contributed by atoms with E-state index >= 15 is 0 Å². The molecule has 0 atom stereocenters. The topological polar surface area (TPSA) is 9.23 Å². The Hall–Kier alpha value is -1.64. The largest absolute Gasteiger partial charge is 0.490 e. The van der Waals surface area contributed by atoms with E-state index in [-0.39, 0.29) is 11.7 Å². The van der Waals surface area contributed by atoms with E-state index in [1.54, 1.807) is 12.1 Å². The molecule has 0 radical (unpaired) electrons. The molecule has 3 rings (SSSR count). The number of hydrogen-bond donors (Lipinski definition) is 0. The van der Waals surface area contributed by atoms with Crippen LogP contribution in [0.1, 0.15) is 95.5 Å². The molecular formula is C28H40F2O. The van der Waals surface area contributed by atoms with Gasteiger partial charge >= 0.3 is 0 Å². The fraction of sp³-hybridized carbons (Fsp3) is 0.643. The molecule has 0 heterocycles. The Morgan fingerprint density at radius 1 is 0.968 bits per heavy atom. The molecule has 0 saturated heterocycles. The van der Waals surface area contributed by atoms with Crippen molar-refractivity contribution >= 4 is 0 Å². The van der Waals surface area contributed by atoms with Gasteiger partial charge in [-0.15, -0.1) is 6.58 Å². The van der Waals surface area contributed by atoms with Gasteiger partial charge in [0.05, 0.1) is 6.61 Å². The molecule has 0 aliphatic heterocycles. The van der Waals surface area contributed by atoms with Crippen LogP contribution >= 0.6 is 0 Å². The summed E-state index contributed by atoms with van der Waals surface area (Å²) >= 11 is 0. The molecule has 31 heavy (non-hydrogen) atoms. The summed E-state index contributed by atoms with van der Waals surface area (Å²) in [5.41, 5.74) is 0.536. The third kappa shape index (κ3) is 6.92. The zero-order chi connectivity index (χ0) is 22.1. The molecule has 3 heteroatoms. The minimum Gasteiger partial charge on any atom is -0.490 e. The van der Waals surface area contributed by atoms with Gasteiger partial charge < -0.3 is 4.74 Å². The number of halogens is 2. The van der Waals surface area contributed by atoms with Gasteiger partial charge in [0, 0.05) is 0 Å². The van der Waals surface area contributed by atoms with Crippen molar-refractivity contribution in [1.29, 1.82) is 0 Å². The summed E-state index contributed by atoms with van der Waals surface area (Å²) in [4.78, 5) is 0. The predicted molar refractivity (Wildman–Crippen MR) is 125 cm³/mol. The molecule has 0 aromatic heterocycles. The summed E-state index contributed by atoms with van der Waals surface area (Å²) in [5.74, 6) is 0.845. The second-order valence-electron chi connectivity index (χ2n) is 9.62. The van der Waals surface area contributed by atoms with Gasteiger partial charge in [-0.2, -0.15) is 4.39 Å². The molecule has 0 spiro atoms. The maximum atomic E-state index is 14.7. The van der Waals surface area contributed by atoms with Crippen LogP contribution in [-0.2, 0) is 0 Å². The minimum absolute atomic E-state index is 0.0492. The van der Waals surface area contributed by atoms with Crippen LogP contribution in [0.5, 0.6) is 5.75 Å². The van der Waals surface area contributed by atoms with Crippen LogP contribution in [0.2, 0.25) is 0 Å². The first-order chi connectivity index (χ1) is 15.1. The fourth-order valence-corrected chi connectivity index (χ4v) is 5.26. The maximum Gasteiger partial charge on any atom is 0.200 e. The summed E-state index contributed by atoms with van der Waals surface area (Å²) in [7, 11) is 0. The lowest BCUT2D eigenvalue weighted by Gasteiger charge is -2.29. The van der Waals surface area contributed by atoms with Crippen LogP contribution in [0.25, 0.3) is 0 Å². The quantitative estimate of drug-likeness (QED) is 0.266. The first kappa shape index (κ1) is 24.0. The highest BCUT2D eigenvalue weighted by Crippen LogP contribution is 2.40. The SMILES string of the molecule is C=CC1CCC(C=CCCC2CCC(c3ccc(OCCCC)c(F)c3F)CC2)CC1. The van der Waals surface area contributed by atoms with Gasteiger partial charge in [0.1, 0.15) is 0 Å². The van der Waals surface area contributed by atoms with Crippen molar-refractivity contribution in [2.45, 2.75) is 89.9 Å². The van der Waals surface area contributed by atoms with E-state index in [2.05, 4.69) is 24.8 Å². The Morgan fingerprint density at radius 2 is 1.68 bits per heavy atom. The van der Waals surface area contributed by atoms with E-state index in [9.17, 15) is 8.78 Å². The number of ether oxygens (including phenoxy) is 1. The molecule has 2 aliphatic rings. The summed E-state index contributed by atoms with van der Waals surface area (Å²) < 4.78 is 34.5. The summed E-state index contributed by atoms with van der Waals surface area (Å²) in [5, 5.41) is 0. The molecule has 1 aromatic carbocycles. The lowest BCUT2D eigenvalue weighted by Crippen LogP contribution is -2.15. The molecule has 0 unspecified atom stereocenters. The first-order valence-electron chi connectivity index (χ1n) is 12.5. The molecule has 2 fully saturated rings. The second-order valence-corrected chi connectivity index (χ2v) is 9.62. The number of benzene rings is 1. The lowest BCUT2D eigenvalue weighted by molar-refractivity contribution is 0.283. The van der Waals surface area contributed by atoms with Crippen molar-refractivity contribution in [2.75, 3.05) is 6.61 Å². The van der Waals surface area contributed by atoms with Gasteiger partial charge in [0.2, 0.25) is 5.82 Å². The van der Waals surface area contributed by atoms with E-state index < -0.39 is 11.6 Å². The van der Waals surface area contributed by atoms with Crippen LogP contribution in [-0.4, -0.2) is 6.61 Å². The van der Waals surface area contributed by atoms with E-state index in [1.807, 2.05) is 6.92 Å². The Kier molecular flexibility index (Phi) is 9.61. The average Bonchev–Trinajstić information content (AvgIpc) is 2.81. The highest BCUT2D eigenvalue weighted by atomic mass is 19.2. The van der Waals surface area contributed by atoms with E-state index in [1.165, 1.54) is 32.1 Å². The zero-order valence-electron chi connectivity index (χ0n) is 19.3. The summed E-state index contributed by atoms with van der Waals surface area (Å²) in [6, 6.07) is 3.36. The van der Waals surface area contributed by atoms with Gasteiger partial charge in [-0.1, -0.05) is 37.6 Å². The Balaban J connectivity index is 1.41. The van der Waals surface area contributed by atoms with Crippen LogP contribution in [0.4, 0.5) is 8.78 Å². The second kappa shape index (κ2) is 12.4. The Bertz CT molecular complexity index is 710. The molecule has 2 saturated carbocycles. The smallest absolute Gasteiger partial charge is 0.200 e.